The fourth-order valence-corrected chi connectivity index (χ4v) is 4.51. The molecule has 2 aliphatic heterocycles. The summed E-state index contributed by atoms with van der Waals surface area (Å²) in [6.07, 6.45) is 9.48. The van der Waals surface area contributed by atoms with E-state index in [0.29, 0.717) is 12.1 Å². The van der Waals surface area contributed by atoms with Crippen LogP contribution in [0.4, 0.5) is 0 Å². The van der Waals surface area contributed by atoms with E-state index in [4.69, 9.17) is 10.1 Å². The largest absolute Gasteiger partial charge is 0.337 e. The van der Waals surface area contributed by atoms with Crippen molar-refractivity contribution >= 4 is 5.65 Å². The zero-order chi connectivity index (χ0) is 18.1. The summed E-state index contributed by atoms with van der Waals surface area (Å²) in [4.78, 5) is 11.9. The van der Waals surface area contributed by atoms with Crippen LogP contribution in [0.3, 0.4) is 0 Å². The summed E-state index contributed by atoms with van der Waals surface area (Å²) in [5.41, 5.74) is 4.84. The van der Waals surface area contributed by atoms with Crippen molar-refractivity contribution in [2.24, 2.45) is 7.05 Å². The summed E-state index contributed by atoms with van der Waals surface area (Å²) in [6, 6.07) is 3.14. The lowest BCUT2D eigenvalue weighted by atomic mass is 9.93. The molecule has 3 aromatic heterocycles. The quantitative estimate of drug-likeness (QED) is 0.713. The van der Waals surface area contributed by atoms with E-state index < -0.39 is 0 Å². The van der Waals surface area contributed by atoms with Crippen LogP contribution in [0.5, 0.6) is 0 Å². The minimum Gasteiger partial charge on any atom is -0.337 e. The fraction of sp³-hybridized carbons (Fsp3) is 0.550. The lowest BCUT2D eigenvalue weighted by Crippen LogP contribution is -2.38. The average Bonchev–Trinajstić information content (AvgIpc) is 3.26. The first-order chi connectivity index (χ1) is 12.4. The van der Waals surface area contributed by atoms with Gasteiger partial charge in [0.1, 0.15) is 5.82 Å². The van der Waals surface area contributed by atoms with E-state index in [-0.39, 0.29) is 5.41 Å². The van der Waals surface area contributed by atoms with Crippen molar-refractivity contribution in [3.05, 3.63) is 47.4 Å². The molecule has 1 fully saturated rings. The van der Waals surface area contributed by atoms with Crippen molar-refractivity contribution in [2.75, 3.05) is 0 Å². The van der Waals surface area contributed by atoms with Crippen LogP contribution in [0.25, 0.3) is 5.65 Å². The third-order valence-electron chi connectivity index (χ3n) is 6.06. The molecule has 5 rings (SSSR count). The Hall–Kier alpha value is -2.21. The monoisotopic (exact) mass is 350 g/mol. The van der Waals surface area contributed by atoms with Gasteiger partial charge in [-0.1, -0.05) is 20.8 Å². The Morgan fingerprint density at radius 2 is 2.04 bits per heavy atom. The molecule has 3 aromatic rings. The van der Waals surface area contributed by atoms with Crippen LogP contribution in [0.2, 0.25) is 0 Å². The van der Waals surface area contributed by atoms with Gasteiger partial charge in [-0.3, -0.25) is 4.90 Å². The number of imidazole rings is 1. The number of aromatic nitrogens is 5. The molecule has 0 N–H and O–H groups in total. The Balaban J connectivity index is 1.56. The summed E-state index contributed by atoms with van der Waals surface area (Å²) < 4.78 is 4.23. The molecule has 0 saturated carbocycles. The van der Waals surface area contributed by atoms with E-state index in [1.807, 2.05) is 12.4 Å². The van der Waals surface area contributed by atoms with Gasteiger partial charge in [0.15, 0.2) is 5.65 Å². The van der Waals surface area contributed by atoms with Crippen LogP contribution in [0, 0.1) is 0 Å². The Kier molecular flexibility index (Phi) is 3.32. The Morgan fingerprint density at radius 1 is 1.19 bits per heavy atom. The number of aryl methyl sites for hydroxylation is 1. The highest BCUT2D eigenvalue weighted by molar-refractivity contribution is 5.45. The van der Waals surface area contributed by atoms with Crippen molar-refractivity contribution in [1.29, 1.82) is 0 Å². The zero-order valence-electron chi connectivity index (χ0n) is 16.0. The highest BCUT2D eigenvalue weighted by Gasteiger charge is 2.41. The molecule has 6 heteroatoms. The van der Waals surface area contributed by atoms with Gasteiger partial charge < -0.3 is 4.57 Å². The first-order valence-electron chi connectivity index (χ1n) is 9.52. The molecule has 2 bridgehead atoms. The summed E-state index contributed by atoms with van der Waals surface area (Å²) in [5.74, 6) is 1.13. The standard InChI is InChI=1S/C20H26N6/c1-20(2,3)17-10-18-22-11-14-15-6-5-13(9-16(14)26(18)23-17)25(15)12-19-21-7-8-24(19)4/h7-8,10-11,13,15H,5-6,9,12H2,1-4H3/t13-,15-/m1/s1. The number of fused-ring (bicyclic) bond motifs is 6. The van der Waals surface area contributed by atoms with Crippen LogP contribution < -0.4 is 0 Å². The molecule has 1 saturated heterocycles. The lowest BCUT2D eigenvalue weighted by Gasteiger charge is -2.35. The molecule has 2 aliphatic rings. The molecule has 6 nitrogen and oxygen atoms in total. The van der Waals surface area contributed by atoms with E-state index in [1.165, 1.54) is 24.1 Å². The van der Waals surface area contributed by atoms with Gasteiger partial charge in [-0.15, -0.1) is 0 Å². The number of rotatable bonds is 2. The maximum Gasteiger partial charge on any atom is 0.155 e. The second kappa shape index (κ2) is 5.39. The van der Waals surface area contributed by atoms with Crippen LogP contribution >= 0.6 is 0 Å². The lowest BCUT2D eigenvalue weighted by molar-refractivity contribution is 0.159. The fourth-order valence-electron chi connectivity index (χ4n) is 4.51. The van der Waals surface area contributed by atoms with Gasteiger partial charge in [0.05, 0.1) is 17.9 Å². The molecular weight excluding hydrogens is 324 g/mol. The molecule has 0 spiro atoms. The van der Waals surface area contributed by atoms with Crippen LogP contribution in [-0.4, -0.2) is 35.1 Å². The first kappa shape index (κ1) is 16.0. The Labute approximate surface area is 153 Å². The minimum absolute atomic E-state index is 0.0401. The van der Waals surface area contributed by atoms with Gasteiger partial charge in [-0.05, 0) is 12.8 Å². The van der Waals surface area contributed by atoms with Gasteiger partial charge in [0.2, 0.25) is 0 Å². The van der Waals surface area contributed by atoms with Crippen molar-refractivity contribution in [2.45, 2.75) is 64.1 Å². The Bertz CT molecular complexity index is 976. The SMILES string of the molecule is Cn1ccnc1CN1[C@@H]2CC[C@@H]1c1cnc3cc(C(C)(C)C)nn3c1C2. The molecule has 26 heavy (non-hydrogen) atoms. The van der Waals surface area contributed by atoms with Crippen LogP contribution in [-0.2, 0) is 25.4 Å². The molecule has 0 aliphatic carbocycles. The topological polar surface area (TPSA) is 51.2 Å². The van der Waals surface area contributed by atoms with E-state index in [9.17, 15) is 0 Å². The summed E-state index contributed by atoms with van der Waals surface area (Å²) in [6.45, 7) is 7.53. The zero-order valence-corrected chi connectivity index (χ0v) is 16.0. The highest BCUT2D eigenvalue weighted by atomic mass is 15.3. The smallest absolute Gasteiger partial charge is 0.155 e. The number of hydrogen-bond donors (Lipinski definition) is 0. The van der Waals surface area contributed by atoms with Crippen molar-refractivity contribution in [1.82, 2.24) is 29.0 Å². The second-order valence-corrected chi connectivity index (χ2v) is 8.79. The minimum atomic E-state index is 0.0401. The normalized spacial score (nSPS) is 22.9. The summed E-state index contributed by atoms with van der Waals surface area (Å²) in [7, 11) is 2.07. The van der Waals surface area contributed by atoms with Gasteiger partial charge in [0.25, 0.3) is 0 Å². The number of hydrogen-bond acceptors (Lipinski definition) is 4. The Morgan fingerprint density at radius 3 is 2.77 bits per heavy atom. The average molecular weight is 350 g/mol. The molecule has 0 radical (unpaired) electrons. The summed E-state index contributed by atoms with van der Waals surface area (Å²) >= 11 is 0. The maximum atomic E-state index is 4.93. The maximum absolute atomic E-state index is 4.93. The predicted octanol–water partition coefficient (Wildman–Crippen LogP) is 3.02. The molecule has 0 unspecified atom stereocenters. The van der Waals surface area contributed by atoms with E-state index in [0.717, 1.165) is 30.1 Å². The van der Waals surface area contributed by atoms with E-state index >= 15 is 0 Å². The molecule has 0 amide bonds. The van der Waals surface area contributed by atoms with Gasteiger partial charge in [-0.2, -0.15) is 5.10 Å². The molecule has 5 heterocycles. The van der Waals surface area contributed by atoms with Gasteiger partial charge >= 0.3 is 0 Å². The molecule has 136 valence electrons. The van der Waals surface area contributed by atoms with E-state index in [1.54, 1.807) is 0 Å². The number of nitrogens with zero attached hydrogens (tertiary/aromatic N) is 6. The van der Waals surface area contributed by atoms with Crippen LogP contribution in [0.1, 0.15) is 62.4 Å². The molecule has 2 atom stereocenters. The third kappa shape index (κ3) is 2.31. The third-order valence-corrected chi connectivity index (χ3v) is 6.06. The van der Waals surface area contributed by atoms with Gasteiger partial charge in [0, 0.05) is 61.2 Å². The van der Waals surface area contributed by atoms with Crippen LogP contribution in [0.15, 0.2) is 24.7 Å². The van der Waals surface area contributed by atoms with Crippen molar-refractivity contribution < 1.29 is 0 Å². The van der Waals surface area contributed by atoms with Crippen molar-refractivity contribution in [3.8, 4) is 0 Å². The summed E-state index contributed by atoms with van der Waals surface area (Å²) in [5, 5.41) is 4.93. The molecular formula is C20H26N6. The van der Waals surface area contributed by atoms with Crippen molar-refractivity contribution in [3.63, 3.8) is 0 Å². The molecule has 0 aromatic carbocycles. The van der Waals surface area contributed by atoms with E-state index in [2.05, 4.69) is 59.0 Å². The highest BCUT2D eigenvalue weighted by Crippen LogP contribution is 2.44. The first-order valence-corrected chi connectivity index (χ1v) is 9.52. The second-order valence-electron chi connectivity index (χ2n) is 8.79. The van der Waals surface area contributed by atoms with Gasteiger partial charge in [-0.25, -0.2) is 14.5 Å². The predicted molar refractivity (Wildman–Crippen MR) is 99.9 cm³/mol.